The maximum Gasteiger partial charge on any atom is 0.336 e. The van der Waals surface area contributed by atoms with Gasteiger partial charge in [0.1, 0.15) is 24.2 Å². The van der Waals surface area contributed by atoms with Crippen LogP contribution in [0, 0.1) is 0 Å². The van der Waals surface area contributed by atoms with Gasteiger partial charge in [-0.1, -0.05) is 0 Å². The van der Waals surface area contributed by atoms with Gasteiger partial charge in [-0.05, 0) is 49.3 Å². The summed E-state index contributed by atoms with van der Waals surface area (Å²) in [5.41, 5.74) is 9.84. The van der Waals surface area contributed by atoms with Gasteiger partial charge >= 0.3 is 17.6 Å². The Kier molecular flexibility index (Phi) is 9.12. The number of benzene rings is 1. The van der Waals surface area contributed by atoms with Crippen molar-refractivity contribution in [1.29, 1.82) is 0 Å². The Morgan fingerprint density at radius 1 is 1.13 bits per heavy atom. The number of hydrogen-bond acceptors (Lipinski definition) is 9. The molecular formula is C26H32N4O8S. The van der Waals surface area contributed by atoms with Crippen LogP contribution in [0.4, 0.5) is 5.69 Å². The molecule has 4 rings (SSSR count). The summed E-state index contributed by atoms with van der Waals surface area (Å²) in [6, 6.07) is 1.25. The number of thioether (sulfide) groups is 1. The van der Waals surface area contributed by atoms with E-state index >= 15 is 0 Å². The average molecular weight is 561 g/mol. The highest BCUT2D eigenvalue weighted by molar-refractivity contribution is 7.98. The zero-order valence-electron chi connectivity index (χ0n) is 21.4. The standard InChI is InChI=1S/C26H32N4O8S/c27-18(26(36)37)5-6-20(31)29-19(25(35)28-11-21(32)33)13-39-12-15-10-22(34)38-24-16-4-2-8-30-7-1-3-14(23(16)30)9-17(15)24/h9-10,18-19H,1-8,11-13,27H2,(H,28,35)(H,29,31)(H,32,33)(H,36,37)/t18-,19-/m1/s1. The van der Waals surface area contributed by atoms with E-state index in [1.807, 2.05) is 0 Å². The first kappa shape index (κ1) is 28.4. The number of carbonyl (C=O) groups is 4. The number of rotatable bonds is 12. The van der Waals surface area contributed by atoms with Crippen molar-refractivity contribution < 1.29 is 33.8 Å². The van der Waals surface area contributed by atoms with Crippen LogP contribution in [0.25, 0.3) is 11.0 Å². The molecule has 39 heavy (non-hydrogen) atoms. The molecule has 2 atom stereocenters. The molecule has 3 heterocycles. The Balaban J connectivity index is 1.50. The van der Waals surface area contributed by atoms with Gasteiger partial charge in [-0.15, -0.1) is 0 Å². The lowest BCUT2D eigenvalue weighted by atomic mass is 9.89. The summed E-state index contributed by atoms with van der Waals surface area (Å²) >= 11 is 1.30. The number of anilines is 1. The minimum atomic E-state index is -1.24. The van der Waals surface area contributed by atoms with E-state index < -0.39 is 48.0 Å². The smallest absolute Gasteiger partial charge is 0.336 e. The molecule has 12 nitrogen and oxygen atoms in total. The second-order valence-corrected chi connectivity index (χ2v) is 10.8. The van der Waals surface area contributed by atoms with Gasteiger partial charge in [0.25, 0.3) is 0 Å². The number of carboxylic acids is 2. The predicted octanol–water partition coefficient (Wildman–Crippen LogP) is 0.603. The van der Waals surface area contributed by atoms with Crippen LogP contribution in [0.3, 0.4) is 0 Å². The predicted molar refractivity (Wildman–Crippen MR) is 145 cm³/mol. The van der Waals surface area contributed by atoms with Gasteiger partial charge in [-0.2, -0.15) is 11.8 Å². The van der Waals surface area contributed by atoms with Crippen LogP contribution in [-0.2, 0) is 37.8 Å². The largest absolute Gasteiger partial charge is 0.480 e. The molecule has 2 aromatic rings. The van der Waals surface area contributed by atoms with Crippen molar-refractivity contribution >= 4 is 52.2 Å². The SMILES string of the molecule is N[C@H](CCC(=O)N[C@H](CSCc1cc(=O)oc2c3c4c(cc12)CCCN4CCC3)C(=O)NCC(=O)O)C(=O)O. The van der Waals surface area contributed by atoms with E-state index in [1.165, 1.54) is 29.1 Å². The molecule has 0 saturated heterocycles. The molecule has 6 N–H and O–H groups in total. The van der Waals surface area contributed by atoms with Crippen molar-refractivity contribution in [3.8, 4) is 0 Å². The van der Waals surface area contributed by atoms with E-state index in [4.69, 9.17) is 20.4 Å². The minimum absolute atomic E-state index is 0.0927. The van der Waals surface area contributed by atoms with Crippen LogP contribution in [0.5, 0.6) is 0 Å². The molecule has 0 saturated carbocycles. The summed E-state index contributed by atoms with van der Waals surface area (Å²) < 4.78 is 5.69. The van der Waals surface area contributed by atoms with E-state index in [2.05, 4.69) is 21.6 Å². The molecule has 13 heteroatoms. The summed E-state index contributed by atoms with van der Waals surface area (Å²) in [6.45, 7) is 1.37. The summed E-state index contributed by atoms with van der Waals surface area (Å²) in [5, 5.41) is 23.5. The van der Waals surface area contributed by atoms with Gasteiger partial charge in [0.2, 0.25) is 11.8 Å². The Morgan fingerprint density at radius 2 is 1.87 bits per heavy atom. The third-order valence-electron chi connectivity index (χ3n) is 6.92. The van der Waals surface area contributed by atoms with E-state index in [0.717, 1.165) is 55.3 Å². The Bertz CT molecular complexity index is 1340. The highest BCUT2D eigenvalue weighted by atomic mass is 32.2. The number of nitrogens with zero attached hydrogens (tertiary/aromatic N) is 1. The molecule has 210 valence electrons. The second kappa shape index (κ2) is 12.5. The van der Waals surface area contributed by atoms with Gasteiger partial charge in [-0.3, -0.25) is 19.2 Å². The zero-order valence-corrected chi connectivity index (χ0v) is 22.2. The van der Waals surface area contributed by atoms with Gasteiger partial charge in [-0.25, -0.2) is 4.79 Å². The monoisotopic (exact) mass is 560 g/mol. The lowest BCUT2D eigenvalue weighted by molar-refractivity contribution is -0.139. The molecular weight excluding hydrogens is 528 g/mol. The number of nitrogens with one attached hydrogen (secondary N) is 2. The summed E-state index contributed by atoms with van der Waals surface area (Å²) in [4.78, 5) is 61.7. The van der Waals surface area contributed by atoms with E-state index in [-0.39, 0.29) is 18.6 Å². The lowest BCUT2D eigenvalue weighted by Gasteiger charge is -2.37. The number of fused-ring (bicyclic) bond motifs is 2. The molecule has 0 fully saturated rings. The van der Waals surface area contributed by atoms with Crippen molar-refractivity contribution in [2.45, 2.75) is 56.4 Å². The summed E-state index contributed by atoms with van der Waals surface area (Å²) in [5.74, 6) is -3.29. The normalized spacial score (nSPS) is 15.8. The maximum absolute atomic E-state index is 12.6. The first-order valence-corrected chi connectivity index (χ1v) is 14.0. The molecule has 2 amide bonds. The van der Waals surface area contributed by atoms with Gasteiger partial charge in [0, 0.05) is 53.7 Å². The van der Waals surface area contributed by atoms with Gasteiger partial charge in [0.15, 0.2) is 0 Å². The molecule has 0 spiro atoms. The van der Waals surface area contributed by atoms with Crippen LogP contribution < -0.4 is 26.9 Å². The molecule has 0 aliphatic carbocycles. The zero-order chi connectivity index (χ0) is 28.1. The Hall–Kier alpha value is -3.58. The fourth-order valence-electron chi connectivity index (χ4n) is 5.09. The van der Waals surface area contributed by atoms with Crippen molar-refractivity contribution in [3.05, 3.63) is 39.2 Å². The number of nitrogens with two attached hydrogens (primary N) is 1. The molecule has 2 aliphatic rings. The minimum Gasteiger partial charge on any atom is -0.480 e. The van der Waals surface area contributed by atoms with Gasteiger partial charge < -0.3 is 35.9 Å². The topological polar surface area (TPSA) is 192 Å². The molecule has 0 unspecified atom stereocenters. The van der Waals surface area contributed by atoms with Crippen LogP contribution in [-0.4, -0.2) is 71.4 Å². The van der Waals surface area contributed by atoms with Crippen LogP contribution in [0.15, 0.2) is 21.3 Å². The van der Waals surface area contributed by atoms with Crippen molar-refractivity contribution in [2.24, 2.45) is 5.73 Å². The van der Waals surface area contributed by atoms with Crippen LogP contribution >= 0.6 is 11.8 Å². The van der Waals surface area contributed by atoms with Crippen molar-refractivity contribution in [1.82, 2.24) is 10.6 Å². The highest BCUT2D eigenvalue weighted by Gasteiger charge is 2.28. The van der Waals surface area contributed by atoms with Crippen molar-refractivity contribution in [2.75, 3.05) is 30.3 Å². The fourth-order valence-corrected chi connectivity index (χ4v) is 6.13. The first-order valence-electron chi connectivity index (χ1n) is 12.9. The number of carboxylic acid groups (broad SMARTS) is 2. The van der Waals surface area contributed by atoms with Crippen LogP contribution in [0.1, 0.15) is 42.4 Å². The second-order valence-electron chi connectivity index (χ2n) is 9.75. The van der Waals surface area contributed by atoms with Crippen LogP contribution in [0.2, 0.25) is 0 Å². The molecule has 0 radical (unpaired) electrons. The molecule has 1 aromatic heterocycles. The molecule has 2 aliphatic heterocycles. The van der Waals surface area contributed by atoms with Crippen molar-refractivity contribution in [3.63, 3.8) is 0 Å². The average Bonchev–Trinajstić information content (AvgIpc) is 2.90. The summed E-state index contributed by atoms with van der Waals surface area (Å²) in [7, 11) is 0. The summed E-state index contributed by atoms with van der Waals surface area (Å²) in [6.07, 6.45) is 3.49. The number of carbonyl (C=O) groups excluding carboxylic acids is 2. The van der Waals surface area contributed by atoms with E-state index in [1.54, 1.807) is 0 Å². The molecule has 1 aromatic carbocycles. The van der Waals surface area contributed by atoms with E-state index in [0.29, 0.717) is 11.3 Å². The lowest BCUT2D eigenvalue weighted by Crippen LogP contribution is -2.49. The fraction of sp³-hybridized carbons (Fsp3) is 0.500. The van der Waals surface area contributed by atoms with E-state index in [9.17, 15) is 24.0 Å². The number of hydrogen-bond donors (Lipinski definition) is 5. The Morgan fingerprint density at radius 3 is 2.59 bits per heavy atom. The third-order valence-corrected chi connectivity index (χ3v) is 8.00. The Labute approximate surface area is 228 Å². The first-order chi connectivity index (χ1) is 18.6. The number of amides is 2. The molecule has 0 bridgehead atoms. The van der Waals surface area contributed by atoms with Gasteiger partial charge in [0.05, 0.1) is 0 Å². The number of aryl methyl sites for hydroxylation is 2. The third kappa shape index (κ3) is 6.90. The quantitative estimate of drug-likeness (QED) is 0.228. The number of aliphatic carboxylic acids is 2. The maximum atomic E-state index is 12.6. The highest BCUT2D eigenvalue weighted by Crippen LogP contribution is 2.40.